The lowest BCUT2D eigenvalue weighted by Gasteiger charge is -2.11. The van der Waals surface area contributed by atoms with E-state index in [4.69, 9.17) is 5.73 Å². The number of nitrogens with zero attached hydrogens (tertiary/aromatic N) is 1. The zero-order valence-corrected chi connectivity index (χ0v) is 12.9. The lowest BCUT2D eigenvalue weighted by atomic mass is 10.2. The first-order valence-corrected chi connectivity index (χ1v) is 7.86. The number of nitrogens with two attached hydrogens (primary N) is 1. The van der Waals surface area contributed by atoms with Crippen molar-refractivity contribution in [3.05, 3.63) is 23.7 Å². The van der Waals surface area contributed by atoms with Crippen LogP contribution in [0.15, 0.2) is 23.7 Å². The first-order chi connectivity index (χ1) is 8.70. The van der Waals surface area contributed by atoms with E-state index >= 15 is 0 Å². The highest BCUT2D eigenvalue weighted by Gasteiger charge is 2.13. The number of thiazole rings is 1. The van der Waals surface area contributed by atoms with Crippen LogP contribution in [0.2, 0.25) is 0 Å². The Hall–Kier alpha value is -0.820. The van der Waals surface area contributed by atoms with E-state index < -0.39 is 6.04 Å². The first kappa shape index (κ1) is 16.2. The van der Waals surface area contributed by atoms with Gasteiger partial charge in [0, 0.05) is 5.69 Å². The van der Waals surface area contributed by atoms with E-state index in [2.05, 4.69) is 10.3 Å². The molecule has 0 unspecified atom stereocenters. The highest BCUT2D eigenvalue weighted by molar-refractivity contribution is 7.98. The number of nitrogens with one attached hydrogen (secondary N) is 1. The Morgan fingerprint density at radius 3 is 3.11 bits per heavy atom. The molecule has 4 nitrogen and oxygen atoms in total. The van der Waals surface area contributed by atoms with Gasteiger partial charge in [-0.05, 0) is 36.6 Å². The van der Waals surface area contributed by atoms with E-state index in [-0.39, 0.29) is 18.3 Å². The minimum absolute atomic E-state index is 0. The van der Waals surface area contributed by atoms with Crippen molar-refractivity contribution >= 4 is 57.3 Å². The van der Waals surface area contributed by atoms with Crippen molar-refractivity contribution in [2.24, 2.45) is 5.73 Å². The van der Waals surface area contributed by atoms with Crippen LogP contribution in [0, 0.1) is 0 Å². The van der Waals surface area contributed by atoms with Crippen LogP contribution in [0.4, 0.5) is 5.69 Å². The predicted octanol–water partition coefficient (Wildman–Crippen LogP) is 2.74. The summed E-state index contributed by atoms with van der Waals surface area (Å²) in [5.74, 6) is 0.748. The molecule has 0 saturated carbocycles. The SMILES string of the molecule is CSCC[C@H](N)C(=O)Nc1ccc2scnc2c1.Cl. The van der Waals surface area contributed by atoms with Gasteiger partial charge in [0.2, 0.25) is 5.91 Å². The van der Waals surface area contributed by atoms with E-state index in [1.807, 2.05) is 24.5 Å². The van der Waals surface area contributed by atoms with Gasteiger partial charge in [-0.3, -0.25) is 4.79 Å². The highest BCUT2D eigenvalue weighted by atomic mass is 35.5. The molecule has 1 atom stereocenters. The quantitative estimate of drug-likeness (QED) is 0.889. The second-order valence-electron chi connectivity index (χ2n) is 3.91. The molecule has 2 rings (SSSR count). The number of amides is 1. The van der Waals surface area contributed by atoms with Gasteiger partial charge in [-0.25, -0.2) is 4.98 Å². The highest BCUT2D eigenvalue weighted by Crippen LogP contribution is 2.21. The Kier molecular flexibility index (Phi) is 6.57. The summed E-state index contributed by atoms with van der Waals surface area (Å²) in [4.78, 5) is 16.0. The number of anilines is 1. The molecule has 7 heteroatoms. The average Bonchev–Trinajstić information content (AvgIpc) is 2.83. The molecule has 1 aromatic heterocycles. The van der Waals surface area contributed by atoms with Gasteiger partial charge in [-0.2, -0.15) is 11.8 Å². The summed E-state index contributed by atoms with van der Waals surface area (Å²) in [7, 11) is 0. The maximum atomic E-state index is 11.8. The second kappa shape index (κ2) is 7.69. The molecule has 0 aliphatic carbocycles. The van der Waals surface area contributed by atoms with Gasteiger partial charge in [-0.1, -0.05) is 0 Å². The molecule has 0 spiro atoms. The predicted molar refractivity (Wildman–Crippen MR) is 86.5 cm³/mol. The summed E-state index contributed by atoms with van der Waals surface area (Å²) in [6.45, 7) is 0. The Balaban J connectivity index is 0.00000180. The molecule has 1 amide bonds. The second-order valence-corrected chi connectivity index (χ2v) is 5.78. The van der Waals surface area contributed by atoms with Crippen LogP contribution in [0.1, 0.15) is 6.42 Å². The third-order valence-electron chi connectivity index (χ3n) is 2.57. The van der Waals surface area contributed by atoms with Crippen LogP contribution in [-0.4, -0.2) is 28.9 Å². The van der Waals surface area contributed by atoms with Crippen LogP contribution >= 0.6 is 35.5 Å². The third-order valence-corrected chi connectivity index (χ3v) is 4.02. The number of halogens is 1. The maximum Gasteiger partial charge on any atom is 0.241 e. The smallest absolute Gasteiger partial charge is 0.241 e. The Morgan fingerprint density at radius 2 is 2.37 bits per heavy atom. The molecular formula is C12H16ClN3OS2. The van der Waals surface area contributed by atoms with Gasteiger partial charge in [-0.15, -0.1) is 23.7 Å². The Bertz CT molecular complexity index is 547. The van der Waals surface area contributed by atoms with E-state index in [9.17, 15) is 4.79 Å². The Morgan fingerprint density at radius 1 is 1.58 bits per heavy atom. The summed E-state index contributed by atoms with van der Waals surface area (Å²) >= 11 is 3.27. The van der Waals surface area contributed by atoms with Gasteiger partial charge in [0.1, 0.15) is 0 Å². The summed E-state index contributed by atoms with van der Waals surface area (Å²) in [5.41, 5.74) is 9.24. The van der Waals surface area contributed by atoms with Gasteiger partial charge in [0.05, 0.1) is 21.8 Å². The normalized spacial score (nSPS) is 11.9. The molecule has 0 aliphatic heterocycles. The van der Waals surface area contributed by atoms with Crippen LogP contribution in [0.5, 0.6) is 0 Å². The van der Waals surface area contributed by atoms with Crippen molar-refractivity contribution in [3.8, 4) is 0 Å². The van der Waals surface area contributed by atoms with E-state index in [0.717, 1.165) is 21.7 Å². The first-order valence-electron chi connectivity index (χ1n) is 5.59. The number of carbonyl (C=O) groups is 1. The molecule has 19 heavy (non-hydrogen) atoms. The summed E-state index contributed by atoms with van der Waals surface area (Å²) < 4.78 is 1.11. The van der Waals surface area contributed by atoms with Crippen molar-refractivity contribution in [2.45, 2.75) is 12.5 Å². The van der Waals surface area contributed by atoms with Gasteiger partial charge >= 0.3 is 0 Å². The molecule has 0 aliphatic rings. The molecule has 1 aromatic carbocycles. The number of hydrogen-bond donors (Lipinski definition) is 2. The monoisotopic (exact) mass is 317 g/mol. The molecule has 3 N–H and O–H groups in total. The number of carbonyl (C=O) groups excluding carboxylic acids is 1. The van der Waals surface area contributed by atoms with Crippen LogP contribution in [-0.2, 0) is 4.79 Å². The molecule has 104 valence electrons. The standard InChI is InChI=1S/C12H15N3OS2.ClH/c1-17-5-4-9(13)12(16)15-8-2-3-11-10(6-8)14-7-18-11;/h2-3,6-7,9H,4-5,13H2,1H3,(H,15,16);1H/t9-;/m0./s1. The number of thioether (sulfide) groups is 1. The topological polar surface area (TPSA) is 68.0 Å². The molecule has 0 bridgehead atoms. The van der Waals surface area contributed by atoms with E-state index in [1.165, 1.54) is 0 Å². The minimum atomic E-state index is -0.455. The van der Waals surface area contributed by atoms with Crippen LogP contribution in [0.25, 0.3) is 10.2 Å². The van der Waals surface area contributed by atoms with Crippen molar-refractivity contribution < 1.29 is 4.79 Å². The molecule has 0 radical (unpaired) electrons. The zero-order chi connectivity index (χ0) is 13.0. The maximum absolute atomic E-state index is 11.8. The van der Waals surface area contributed by atoms with Crippen LogP contribution in [0.3, 0.4) is 0 Å². The molecule has 0 saturated heterocycles. The number of aromatic nitrogens is 1. The van der Waals surface area contributed by atoms with E-state index in [1.54, 1.807) is 28.6 Å². The molecule has 0 fully saturated rings. The fourth-order valence-electron chi connectivity index (χ4n) is 1.55. The van der Waals surface area contributed by atoms with Crippen molar-refractivity contribution in [2.75, 3.05) is 17.3 Å². The number of hydrogen-bond acceptors (Lipinski definition) is 5. The van der Waals surface area contributed by atoms with Crippen molar-refractivity contribution in [1.29, 1.82) is 0 Å². The fourth-order valence-corrected chi connectivity index (χ4v) is 2.69. The van der Waals surface area contributed by atoms with Gasteiger partial charge < -0.3 is 11.1 Å². The molecule has 2 aromatic rings. The van der Waals surface area contributed by atoms with E-state index in [0.29, 0.717) is 6.42 Å². The van der Waals surface area contributed by atoms with Gasteiger partial charge in [0.25, 0.3) is 0 Å². The average molecular weight is 318 g/mol. The lowest BCUT2D eigenvalue weighted by Crippen LogP contribution is -2.36. The Labute approximate surface area is 126 Å². The van der Waals surface area contributed by atoms with Crippen molar-refractivity contribution in [3.63, 3.8) is 0 Å². The number of rotatable bonds is 5. The zero-order valence-electron chi connectivity index (χ0n) is 10.5. The minimum Gasteiger partial charge on any atom is -0.325 e. The number of fused-ring (bicyclic) bond motifs is 1. The lowest BCUT2D eigenvalue weighted by molar-refractivity contribution is -0.117. The van der Waals surface area contributed by atoms with Gasteiger partial charge in [0.15, 0.2) is 0 Å². The third kappa shape index (κ3) is 4.35. The summed E-state index contributed by atoms with van der Waals surface area (Å²) in [5, 5.41) is 2.82. The van der Waals surface area contributed by atoms with Crippen molar-refractivity contribution in [1.82, 2.24) is 4.98 Å². The summed E-state index contributed by atoms with van der Waals surface area (Å²) in [6.07, 6.45) is 2.69. The molecular weight excluding hydrogens is 302 g/mol. The van der Waals surface area contributed by atoms with Crippen LogP contribution < -0.4 is 11.1 Å². The number of benzene rings is 1. The fraction of sp³-hybridized carbons (Fsp3) is 0.333. The molecule has 1 heterocycles. The largest absolute Gasteiger partial charge is 0.325 e. The summed E-state index contributed by atoms with van der Waals surface area (Å²) in [6, 6.07) is 5.24.